The van der Waals surface area contributed by atoms with Crippen molar-refractivity contribution in [2.24, 2.45) is 0 Å². The lowest BCUT2D eigenvalue weighted by atomic mass is 10.2. The molecule has 2 atom stereocenters. The second-order valence-corrected chi connectivity index (χ2v) is 7.48. The van der Waals surface area contributed by atoms with E-state index in [1.807, 2.05) is 72.8 Å². The summed E-state index contributed by atoms with van der Waals surface area (Å²) in [6.07, 6.45) is 3.80. The summed E-state index contributed by atoms with van der Waals surface area (Å²) in [6, 6.07) is 19.7. The first kappa shape index (κ1) is 18.1. The Bertz CT molecular complexity index is 698. The van der Waals surface area contributed by atoms with Crippen molar-refractivity contribution in [3.05, 3.63) is 77.9 Å². The fourth-order valence-corrected chi connectivity index (χ4v) is 3.32. The molecule has 0 aliphatic rings. The highest BCUT2D eigenvalue weighted by Crippen LogP contribution is 2.08. The summed E-state index contributed by atoms with van der Waals surface area (Å²) in [4.78, 5) is 14.1. The van der Waals surface area contributed by atoms with E-state index < -0.39 is 16.0 Å². The van der Waals surface area contributed by atoms with E-state index in [0.29, 0.717) is 12.3 Å². The maximum atomic E-state index is 12.4. The van der Waals surface area contributed by atoms with Gasteiger partial charge >= 0.3 is 0 Å². The molecule has 2 aromatic carbocycles. The molecule has 2 rings (SSSR count). The van der Waals surface area contributed by atoms with E-state index in [-0.39, 0.29) is 5.91 Å². The van der Waals surface area contributed by atoms with Gasteiger partial charge in [0.05, 0.1) is 0 Å². The molecule has 0 radical (unpaired) electrons. The number of hydrogen-bond acceptors (Lipinski definition) is 2. The molecule has 126 valence electrons. The molecule has 0 fully saturated rings. The van der Waals surface area contributed by atoms with Crippen molar-refractivity contribution >= 4 is 22.8 Å². The van der Waals surface area contributed by atoms with E-state index in [9.17, 15) is 9.00 Å². The van der Waals surface area contributed by atoms with Crippen molar-refractivity contribution in [1.82, 2.24) is 4.90 Å². The largest absolute Gasteiger partial charge is 0.340 e. The molecule has 4 heteroatoms. The van der Waals surface area contributed by atoms with Crippen LogP contribution in [0.5, 0.6) is 0 Å². The van der Waals surface area contributed by atoms with E-state index in [0.717, 1.165) is 11.1 Å². The smallest absolute Gasteiger partial charge is 0.238 e. The van der Waals surface area contributed by atoms with Gasteiger partial charge in [-0.1, -0.05) is 72.8 Å². The lowest BCUT2D eigenvalue weighted by Crippen LogP contribution is -2.37. The third-order valence-corrected chi connectivity index (χ3v) is 5.26. The van der Waals surface area contributed by atoms with E-state index in [2.05, 4.69) is 0 Å². The molecule has 1 amide bonds. The fraction of sp³-hybridized carbons (Fsp3) is 0.250. The molecule has 0 N–H and O–H groups in total. The molecule has 0 saturated heterocycles. The first-order chi connectivity index (χ1) is 11.6. The Morgan fingerprint density at radius 2 is 1.67 bits per heavy atom. The van der Waals surface area contributed by atoms with Crippen LogP contribution in [0.3, 0.4) is 0 Å². The highest BCUT2D eigenvalue weighted by molar-refractivity contribution is 7.86. The summed E-state index contributed by atoms with van der Waals surface area (Å²) in [5.41, 5.74) is 2.13. The first-order valence-corrected chi connectivity index (χ1v) is 9.34. The van der Waals surface area contributed by atoms with Gasteiger partial charge in [0.15, 0.2) is 0 Å². The normalized spacial score (nSPS) is 13.6. The predicted molar refractivity (Wildman–Crippen MR) is 101 cm³/mol. The molecule has 0 aromatic heterocycles. The van der Waals surface area contributed by atoms with Gasteiger partial charge in [-0.3, -0.25) is 9.00 Å². The molecule has 0 aliphatic carbocycles. The quantitative estimate of drug-likeness (QED) is 0.773. The van der Waals surface area contributed by atoms with Crippen molar-refractivity contribution in [2.75, 3.05) is 12.8 Å². The van der Waals surface area contributed by atoms with Crippen molar-refractivity contribution in [3.63, 3.8) is 0 Å². The van der Waals surface area contributed by atoms with Crippen LogP contribution in [-0.2, 0) is 22.1 Å². The minimum absolute atomic E-state index is 0.0923. The van der Waals surface area contributed by atoms with Crippen LogP contribution in [-0.4, -0.2) is 33.1 Å². The summed E-state index contributed by atoms with van der Waals surface area (Å²) in [7, 11) is 0.528. The van der Waals surface area contributed by atoms with Crippen LogP contribution in [0.4, 0.5) is 0 Å². The molecule has 0 bridgehead atoms. The van der Waals surface area contributed by atoms with E-state index in [1.54, 1.807) is 18.9 Å². The SMILES string of the molecule is C[C@H](C(=O)N(C)Cc1ccccc1)[S@](=O)C/C=C/c1ccccc1. The van der Waals surface area contributed by atoms with Gasteiger partial charge in [-0.15, -0.1) is 0 Å². The predicted octanol–water partition coefficient (Wildman–Crippen LogP) is 3.50. The van der Waals surface area contributed by atoms with Crippen LogP contribution in [0.2, 0.25) is 0 Å². The Morgan fingerprint density at radius 3 is 2.29 bits per heavy atom. The monoisotopic (exact) mass is 341 g/mol. The van der Waals surface area contributed by atoms with Gasteiger partial charge < -0.3 is 4.90 Å². The standard InChI is InChI=1S/C20H23NO2S/c1-17(20(22)21(2)16-19-12-7-4-8-13-19)24(23)15-9-14-18-10-5-3-6-11-18/h3-14,17H,15-16H2,1-2H3/b14-9+/t17-,24-/m1/s1. The number of hydrogen-bond donors (Lipinski definition) is 0. The molecule has 0 aliphatic heterocycles. The van der Waals surface area contributed by atoms with Crippen LogP contribution < -0.4 is 0 Å². The fourth-order valence-electron chi connectivity index (χ4n) is 2.35. The van der Waals surface area contributed by atoms with Gasteiger partial charge in [-0.2, -0.15) is 0 Å². The summed E-state index contributed by atoms with van der Waals surface area (Å²) in [6.45, 7) is 2.26. The maximum absolute atomic E-state index is 12.4. The van der Waals surface area contributed by atoms with Crippen molar-refractivity contribution in [1.29, 1.82) is 0 Å². The summed E-state index contributed by atoms with van der Waals surface area (Å²) < 4.78 is 12.3. The van der Waals surface area contributed by atoms with Crippen molar-refractivity contribution in [3.8, 4) is 0 Å². The minimum atomic E-state index is -1.23. The highest BCUT2D eigenvalue weighted by atomic mass is 32.2. The average molecular weight is 341 g/mol. The van der Waals surface area contributed by atoms with Gasteiger partial charge in [-0.05, 0) is 18.1 Å². The third-order valence-electron chi connectivity index (χ3n) is 3.75. The number of rotatable bonds is 7. The van der Waals surface area contributed by atoms with Gasteiger partial charge in [0.25, 0.3) is 0 Å². The zero-order valence-electron chi connectivity index (χ0n) is 14.1. The maximum Gasteiger partial charge on any atom is 0.238 e. The summed E-state index contributed by atoms with van der Waals surface area (Å²) in [5.74, 6) is 0.284. The second-order valence-electron chi connectivity index (χ2n) is 5.68. The molecule has 2 aromatic rings. The topological polar surface area (TPSA) is 37.4 Å². The Morgan fingerprint density at radius 1 is 1.08 bits per heavy atom. The molecule has 0 heterocycles. The lowest BCUT2D eigenvalue weighted by Gasteiger charge is -2.21. The van der Waals surface area contributed by atoms with Gasteiger partial charge in [-0.25, -0.2) is 0 Å². The van der Waals surface area contributed by atoms with Gasteiger partial charge in [0.1, 0.15) is 5.25 Å². The highest BCUT2D eigenvalue weighted by Gasteiger charge is 2.22. The number of benzene rings is 2. The summed E-state index contributed by atoms with van der Waals surface area (Å²) >= 11 is 0. The molecule has 24 heavy (non-hydrogen) atoms. The first-order valence-electron chi connectivity index (χ1n) is 7.95. The molecule has 3 nitrogen and oxygen atoms in total. The molecule has 0 unspecified atom stereocenters. The molecular weight excluding hydrogens is 318 g/mol. The van der Waals surface area contributed by atoms with Crippen LogP contribution in [0.25, 0.3) is 6.08 Å². The molecular formula is C20H23NO2S. The minimum Gasteiger partial charge on any atom is -0.340 e. The van der Waals surface area contributed by atoms with Crippen LogP contribution in [0.15, 0.2) is 66.7 Å². The van der Waals surface area contributed by atoms with Gasteiger partial charge in [0.2, 0.25) is 5.91 Å². The number of amides is 1. The van der Waals surface area contributed by atoms with Crippen LogP contribution in [0.1, 0.15) is 18.1 Å². The Hall–Kier alpha value is -2.20. The lowest BCUT2D eigenvalue weighted by molar-refractivity contribution is -0.129. The zero-order valence-corrected chi connectivity index (χ0v) is 14.9. The third kappa shape index (κ3) is 5.46. The summed E-state index contributed by atoms with van der Waals surface area (Å²) in [5, 5.41) is -0.515. The van der Waals surface area contributed by atoms with Crippen LogP contribution in [0, 0.1) is 0 Å². The van der Waals surface area contributed by atoms with Crippen molar-refractivity contribution in [2.45, 2.75) is 18.7 Å². The molecule has 0 saturated carbocycles. The van der Waals surface area contributed by atoms with E-state index in [1.165, 1.54) is 0 Å². The number of carbonyl (C=O) groups is 1. The Kier molecular flexibility index (Phi) is 6.94. The molecule has 0 spiro atoms. The van der Waals surface area contributed by atoms with E-state index >= 15 is 0 Å². The Balaban J connectivity index is 1.87. The average Bonchev–Trinajstić information content (AvgIpc) is 2.62. The Labute approximate surface area is 146 Å². The number of carbonyl (C=O) groups excluding carboxylic acids is 1. The second kappa shape index (κ2) is 9.18. The van der Waals surface area contributed by atoms with Gasteiger partial charge in [0, 0.05) is 30.1 Å². The van der Waals surface area contributed by atoms with Crippen molar-refractivity contribution < 1.29 is 9.00 Å². The van der Waals surface area contributed by atoms with E-state index in [4.69, 9.17) is 0 Å². The van der Waals surface area contributed by atoms with Crippen LogP contribution >= 0.6 is 0 Å². The zero-order chi connectivity index (χ0) is 17.4. The number of nitrogens with zero attached hydrogens (tertiary/aromatic N) is 1.